The maximum absolute atomic E-state index is 15.1. The van der Waals surface area contributed by atoms with Gasteiger partial charge in [0, 0.05) is 48.9 Å². The number of furan rings is 1. The van der Waals surface area contributed by atoms with Crippen LogP contribution >= 0.6 is 0 Å². The standard InChI is InChI=1S/C36H48O13/c1-9-16(2)30(43)49-34(8)32(6)21-13-22(39)33(7)26(35(21,15-45-34)28(42)25(46-17(3)37)29(32)47-18(4)38)24(40)27(41)31(5)20(19-10-11-44-14-19)12-23-36(31,33)48-23/h10-11,14,16,20-23,25-29,39,41-42H,9,12-13,15H2,1-8H3/t16?,20-,21-,22+,23+,25+,26-,27+,28-,29+,31+,32+,33+,34?,35-,36+/m0/s1. The van der Waals surface area contributed by atoms with Gasteiger partial charge in [-0.15, -0.1) is 0 Å². The van der Waals surface area contributed by atoms with Crippen molar-refractivity contribution in [3.8, 4) is 0 Å². The van der Waals surface area contributed by atoms with Crippen molar-refractivity contribution < 1.29 is 62.6 Å². The minimum atomic E-state index is -1.84. The molecule has 6 fully saturated rings. The Kier molecular flexibility index (Phi) is 7.48. The van der Waals surface area contributed by atoms with Crippen LogP contribution in [0, 0.1) is 39.4 Å². The average molecular weight is 689 g/mol. The summed E-state index contributed by atoms with van der Waals surface area (Å²) in [6.45, 7) is 12.3. The summed E-state index contributed by atoms with van der Waals surface area (Å²) in [5, 5.41) is 37.4. The molecule has 1 spiro atoms. The molecular formula is C36H48O13. The van der Waals surface area contributed by atoms with Gasteiger partial charge in [-0.25, -0.2) is 0 Å². The third-order valence-electron chi connectivity index (χ3n) is 14.5. The Balaban J connectivity index is 1.45. The fraction of sp³-hybridized carbons (Fsp3) is 0.778. The minimum absolute atomic E-state index is 0.0430. The van der Waals surface area contributed by atoms with E-state index in [1.54, 1.807) is 33.1 Å². The van der Waals surface area contributed by atoms with Crippen LogP contribution in [-0.2, 0) is 42.9 Å². The molecule has 1 aromatic heterocycles. The molecule has 2 bridgehead atoms. The van der Waals surface area contributed by atoms with E-state index in [1.807, 2.05) is 13.8 Å². The van der Waals surface area contributed by atoms with Gasteiger partial charge in [-0.3, -0.25) is 19.2 Å². The molecule has 4 aliphatic carbocycles. The molecule has 6 aliphatic rings. The quantitative estimate of drug-likeness (QED) is 0.225. The van der Waals surface area contributed by atoms with Crippen molar-refractivity contribution in [2.45, 2.75) is 129 Å². The Hall–Kier alpha value is -2.84. The Morgan fingerprint density at radius 2 is 1.67 bits per heavy atom. The number of hydrogen-bond acceptors (Lipinski definition) is 13. The van der Waals surface area contributed by atoms with Gasteiger partial charge in [0.05, 0.1) is 42.7 Å². The summed E-state index contributed by atoms with van der Waals surface area (Å²) in [5.41, 5.74) is -6.16. The highest BCUT2D eigenvalue weighted by Gasteiger charge is 2.93. The fourth-order valence-corrected chi connectivity index (χ4v) is 11.9. The number of rotatable bonds is 6. The van der Waals surface area contributed by atoms with Crippen molar-refractivity contribution in [1.29, 1.82) is 0 Å². The van der Waals surface area contributed by atoms with E-state index in [0.29, 0.717) is 12.8 Å². The van der Waals surface area contributed by atoms with Gasteiger partial charge >= 0.3 is 17.9 Å². The number of aliphatic hydroxyl groups is 3. The van der Waals surface area contributed by atoms with Gasteiger partial charge in [0.25, 0.3) is 0 Å². The molecule has 3 heterocycles. The predicted octanol–water partition coefficient (Wildman–Crippen LogP) is 2.42. The van der Waals surface area contributed by atoms with Crippen molar-refractivity contribution in [2.24, 2.45) is 39.4 Å². The lowest BCUT2D eigenvalue weighted by molar-refractivity contribution is -0.423. The lowest BCUT2D eigenvalue weighted by Gasteiger charge is -2.75. The van der Waals surface area contributed by atoms with Crippen LogP contribution in [0.3, 0.4) is 0 Å². The summed E-state index contributed by atoms with van der Waals surface area (Å²) in [7, 11) is 0. The lowest BCUT2D eigenvalue weighted by atomic mass is 9.32. The number of ketones is 1. The van der Waals surface area contributed by atoms with Gasteiger partial charge in [0.15, 0.2) is 18.0 Å². The molecule has 7 rings (SSSR count). The highest BCUT2D eigenvalue weighted by Crippen LogP contribution is 2.83. The molecule has 0 radical (unpaired) electrons. The van der Waals surface area contributed by atoms with Gasteiger partial charge in [0.2, 0.25) is 5.79 Å². The Morgan fingerprint density at radius 1 is 1.00 bits per heavy atom. The molecule has 49 heavy (non-hydrogen) atoms. The van der Waals surface area contributed by atoms with Crippen LogP contribution in [0.25, 0.3) is 0 Å². The van der Waals surface area contributed by atoms with Crippen LogP contribution in [0.15, 0.2) is 23.0 Å². The van der Waals surface area contributed by atoms with Gasteiger partial charge in [0.1, 0.15) is 17.8 Å². The topological polar surface area (TPSA) is 192 Å². The number of carbonyl (C=O) groups excluding carboxylic acids is 4. The van der Waals surface area contributed by atoms with Gasteiger partial charge < -0.3 is 43.4 Å². The van der Waals surface area contributed by atoms with E-state index in [1.165, 1.54) is 20.1 Å². The molecule has 13 nitrogen and oxygen atoms in total. The minimum Gasteiger partial charge on any atom is -0.472 e. The molecule has 2 aliphatic heterocycles. The normalized spacial score (nSPS) is 51.3. The van der Waals surface area contributed by atoms with Gasteiger partial charge in [-0.1, -0.05) is 27.7 Å². The molecular weight excluding hydrogens is 640 g/mol. The Bertz CT molecular complexity index is 1580. The highest BCUT2D eigenvalue weighted by molar-refractivity contribution is 5.91. The number of carbonyl (C=O) groups is 4. The van der Waals surface area contributed by atoms with E-state index >= 15 is 4.79 Å². The maximum Gasteiger partial charge on any atom is 0.311 e. The average Bonchev–Trinajstić information content (AvgIpc) is 3.39. The molecule has 0 aromatic carbocycles. The number of epoxide rings is 1. The fourth-order valence-electron chi connectivity index (χ4n) is 11.9. The first-order valence-corrected chi connectivity index (χ1v) is 17.3. The number of hydrogen-bond donors (Lipinski definition) is 3. The van der Waals surface area contributed by atoms with E-state index in [4.69, 9.17) is 28.1 Å². The Labute approximate surface area is 284 Å². The summed E-state index contributed by atoms with van der Waals surface area (Å²) in [4.78, 5) is 53.9. The third kappa shape index (κ3) is 3.83. The first-order chi connectivity index (χ1) is 22.8. The van der Waals surface area contributed by atoms with Gasteiger partial charge in [-0.05, 0) is 43.7 Å². The molecule has 3 N–H and O–H groups in total. The summed E-state index contributed by atoms with van der Waals surface area (Å²) in [5.74, 6) is -7.62. The second-order valence-electron chi connectivity index (χ2n) is 16.2. The number of Topliss-reactive ketones (excluding diaryl/α,β-unsaturated/α-hetero) is 1. The summed E-state index contributed by atoms with van der Waals surface area (Å²) in [6.07, 6.45) is -3.86. The van der Waals surface area contributed by atoms with Crippen LogP contribution < -0.4 is 0 Å². The first-order valence-electron chi connectivity index (χ1n) is 17.3. The zero-order chi connectivity index (χ0) is 35.9. The molecule has 2 saturated heterocycles. The molecule has 2 unspecified atom stereocenters. The van der Waals surface area contributed by atoms with E-state index < -0.39 is 111 Å². The van der Waals surface area contributed by atoms with E-state index in [0.717, 1.165) is 12.5 Å². The molecule has 1 aromatic rings. The zero-order valence-corrected chi connectivity index (χ0v) is 29.3. The molecule has 4 saturated carbocycles. The summed E-state index contributed by atoms with van der Waals surface area (Å²) >= 11 is 0. The van der Waals surface area contributed by atoms with Crippen molar-refractivity contribution in [3.63, 3.8) is 0 Å². The number of ether oxygens (including phenoxy) is 5. The zero-order valence-electron chi connectivity index (χ0n) is 29.3. The monoisotopic (exact) mass is 688 g/mol. The van der Waals surface area contributed by atoms with Crippen LogP contribution in [0.4, 0.5) is 0 Å². The van der Waals surface area contributed by atoms with Crippen LogP contribution in [0.1, 0.15) is 86.1 Å². The molecule has 0 amide bonds. The lowest BCUT2D eigenvalue weighted by Crippen LogP contribution is -2.86. The first kappa shape index (κ1) is 34.6. The van der Waals surface area contributed by atoms with E-state index in [-0.39, 0.29) is 18.9 Å². The molecule has 16 atom stereocenters. The van der Waals surface area contributed by atoms with Crippen molar-refractivity contribution in [3.05, 3.63) is 24.2 Å². The maximum atomic E-state index is 15.1. The second-order valence-corrected chi connectivity index (χ2v) is 16.2. The van der Waals surface area contributed by atoms with Crippen LogP contribution in [0.2, 0.25) is 0 Å². The van der Waals surface area contributed by atoms with Crippen molar-refractivity contribution in [2.75, 3.05) is 6.61 Å². The third-order valence-corrected chi connectivity index (χ3v) is 14.5. The Morgan fingerprint density at radius 3 is 2.27 bits per heavy atom. The van der Waals surface area contributed by atoms with Crippen LogP contribution in [0.5, 0.6) is 0 Å². The largest absolute Gasteiger partial charge is 0.472 e. The predicted molar refractivity (Wildman–Crippen MR) is 166 cm³/mol. The molecule has 13 heteroatoms. The van der Waals surface area contributed by atoms with Gasteiger partial charge in [-0.2, -0.15) is 0 Å². The van der Waals surface area contributed by atoms with Crippen molar-refractivity contribution >= 4 is 23.7 Å². The number of fused-ring (bicyclic) bond motifs is 1. The van der Waals surface area contributed by atoms with Crippen LogP contribution in [-0.4, -0.2) is 93.6 Å². The van der Waals surface area contributed by atoms with E-state index in [2.05, 4.69) is 0 Å². The SMILES string of the molecule is CCC(C)C(=O)OC1(C)OC[C@]23[C@@H](C[C@@H](O)[C@]4(C)[C@@H]2C(=O)[C@@H](O)[C@@]2(C)[C@H](c5ccoc5)C[C@H]5O[C@]524)[C@]1(C)[C@H](OC(C)=O)[C@H](OC(C)=O)[C@@H]3O. The highest BCUT2D eigenvalue weighted by atomic mass is 16.7. The molecule has 270 valence electrons. The summed E-state index contributed by atoms with van der Waals surface area (Å²) < 4.78 is 36.4. The number of aliphatic hydroxyl groups excluding tert-OH is 3. The summed E-state index contributed by atoms with van der Waals surface area (Å²) in [6, 6.07) is 1.80. The number of esters is 3. The second kappa shape index (κ2) is 10.6. The van der Waals surface area contributed by atoms with E-state index in [9.17, 15) is 29.7 Å². The van der Waals surface area contributed by atoms with Crippen molar-refractivity contribution in [1.82, 2.24) is 0 Å². The smallest absolute Gasteiger partial charge is 0.311 e.